The number of fused-ring (bicyclic) bond motifs is 21. The summed E-state index contributed by atoms with van der Waals surface area (Å²) < 4.78 is 14.1. The predicted molar refractivity (Wildman–Crippen MR) is 275 cm³/mol. The average molecular weight is 856 g/mol. The molecule has 0 unspecified atom stereocenters. The molecule has 15 rings (SSSR count). The second kappa shape index (κ2) is 13.1. The van der Waals surface area contributed by atoms with Crippen molar-refractivity contribution >= 4 is 60.9 Å². The minimum absolute atomic E-state index is 0.195. The first-order valence-electron chi connectivity index (χ1n) is 23.3. The van der Waals surface area contributed by atoms with Crippen LogP contribution in [-0.4, -0.2) is 0 Å². The minimum Gasteiger partial charge on any atom is -0.456 e. The molecule has 1 spiro atoms. The van der Waals surface area contributed by atoms with E-state index in [1.54, 1.807) is 0 Å². The van der Waals surface area contributed by atoms with Crippen LogP contribution in [-0.2, 0) is 10.8 Å². The molecule has 2 heterocycles. The molecule has 0 amide bonds. The van der Waals surface area contributed by atoms with Crippen LogP contribution in [0.25, 0.3) is 88.4 Å². The number of benzene rings is 10. The highest BCUT2D eigenvalue weighted by molar-refractivity contribution is 6.25. The zero-order valence-electron chi connectivity index (χ0n) is 37.0. The SMILES string of the molecule is CC1(C)c2ccccc2-c2ccc(N(c3ccc(-c4ccccc4)cc3)c3cc4c(c5c3oc3ccccc35)-c3c(ccc5oc6ccccc6c35)C43c4ccccc4-c4ccccc43)cc21. The van der Waals surface area contributed by atoms with Gasteiger partial charge in [-0.2, -0.15) is 0 Å². The lowest BCUT2D eigenvalue weighted by Crippen LogP contribution is -2.26. The Morgan fingerprint density at radius 3 is 1.61 bits per heavy atom. The zero-order valence-corrected chi connectivity index (χ0v) is 37.0. The van der Waals surface area contributed by atoms with Gasteiger partial charge in [-0.3, -0.25) is 0 Å². The Balaban J connectivity index is 1.11. The molecule has 314 valence electrons. The lowest BCUT2D eigenvalue weighted by Gasteiger charge is -2.32. The van der Waals surface area contributed by atoms with Crippen molar-refractivity contribution in [3.8, 4) is 44.5 Å². The van der Waals surface area contributed by atoms with Crippen molar-refractivity contribution < 1.29 is 8.83 Å². The molecule has 0 aliphatic heterocycles. The smallest absolute Gasteiger partial charge is 0.160 e. The second-order valence-electron chi connectivity index (χ2n) is 19.1. The van der Waals surface area contributed by atoms with Crippen molar-refractivity contribution in [1.29, 1.82) is 0 Å². The molecule has 12 aromatic rings. The topological polar surface area (TPSA) is 29.5 Å². The fraction of sp³-hybridized carbons (Fsp3) is 0.0625. The third-order valence-corrected chi connectivity index (χ3v) is 15.5. The average Bonchev–Trinajstić information content (AvgIpc) is 4.16. The predicted octanol–water partition coefficient (Wildman–Crippen LogP) is 17.3. The summed E-state index contributed by atoms with van der Waals surface area (Å²) in [6.07, 6.45) is 0. The van der Waals surface area contributed by atoms with E-state index in [-0.39, 0.29) is 5.41 Å². The largest absolute Gasteiger partial charge is 0.456 e. The number of para-hydroxylation sites is 2. The van der Waals surface area contributed by atoms with E-state index in [0.29, 0.717) is 0 Å². The quantitative estimate of drug-likeness (QED) is 0.177. The van der Waals surface area contributed by atoms with Gasteiger partial charge >= 0.3 is 0 Å². The van der Waals surface area contributed by atoms with Gasteiger partial charge in [0.1, 0.15) is 16.7 Å². The number of rotatable bonds is 4. The Morgan fingerprint density at radius 2 is 0.896 bits per heavy atom. The molecule has 67 heavy (non-hydrogen) atoms. The first-order valence-corrected chi connectivity index (χ1v) is 23.3. The summed E-state index contributed by atoms with van der Waals surface area (Å²) in [6, 6.07) is 78.0. The van der Waals surface area contributed by atoms with E-state index >= 15 is 0 Å². The Kier molecular flexibility index (Phi) is 7.22. The highest BCUT2D eigenvalue weighted by atomic mass is 16.3. The maximum Gasteiger partial charge on any atom is 0.160 e. The van der Waals surface area contributed by atoms with Crippen molar-refractivity contribution in [2.24, 2.45) is 0 Å². The number of furan rings is 2. The van der Waals surface area contributed by atoms with E-state index in [0.717, 1.165) is 60.9 Å². The van der Waals surface area contributed by atoms with E-state index in [1.807, 2.05) is 0 Å². The van der Waals surface area contributed by atoms with Gasteiger partial charge in [0, 0.05) is 38.3 Å². The summed E-state index contributed by atoms with van der Waals surface area (Å²) in [6.45, 7) is 4.73. The molecule has 0 radical (unpaired) electrons. The van der Waals surface area contributed by atoms with Crippen molar-refractivity contribution in [3.05, 3.63) is 246 Å². The molecule has 0 N–H and O–H groups in total. The van der Waals surface area contributed by atoms with Crippen LogP contribution in [0.3, 0.4) is 0 Å². The van der Waals surface area contributed by atoms with Crippen LogP contribution < -0.4 is 4.90 Å². The van der Waals surface area contributed by atoms with E-state index in [4.69, 9.17) is 8.83 Å². The van der Waals surface area contributed by atoms with Gasteiger partial charge in [0.15, 0.2) is 5.58 Å². The Labute approximate surface area is 387 Å². The van der Waals surface area contributed by atoms with Gasteiger partial charge in [0.25, 0.3) is 0 Å². The van der Waals surface area contributed by atoms with Crippen LogP contribution in [0, 0.1) is 0 Å². The monoisotopic (exact) mass is 855 g/mol. The number of hydrogen-bond acceptors (Lipinski definition) is 3. The maximum absolute atomic E-state index is 7.33. The van der Waals surface area contributed by atoms with Crippen LogP contribution in [0.4, 0.5) is 17.1 Å². The normalized spacial score (nSPS) is 14.4. The van der Waals surface area contributed by atoms with Crippen molar-refractivity contribution in [1.82, 2.24) is 0 Å². The summed E-state index contributed by atoms with van der Waals surface area (Å²) in [7, 11) is 0. The summed E-state index contributed by atoms with van der Waals surface area (Å²) in [4.78, 5) is 2.46. The third kappa shape index (κ3) is 4.70. The molecular weight excluding hydrogens is 815 g/mol. The first-order chi connectivity index (χ1) is 33.0. The molecule has 10 aromatic carbocycles. The Hall–Kier alpha value is -8.40. The summed E-state index contributed by atoms with van der Waals surface area (Å²) >= 11 is 0. The zero-order chi connectivity index (χ0) is 44.2. The number of anilines is 3. The van der Waals surface area contributed by atoms with Gasteiger partial charge in [-0.05, 0) is 126 Å². The van der Waals surface area contributed by atoms with Gasteiger partial charge < -0.3 is 13.7 Å². The molecule has 0 saturated heterocycles. The number of nitrogens with zero attached hydrogens (tertiary/aromatic N) is 1. The van der Waals surface area contributed by atoms with Gasteiger partial charge in [0.2, 0.25) is 0 Å². The molecule has 3 nitrogen and oxygen atoms in total. The molecular formula is C64H41NO2. The van der Waals surface area contributed by atoms with E-state index < -0.39 is 5.41 Å². The molecule has 0 saturated carbocycles. The standard InChI is InChI=1S/C64H41NO2/c1-63(2)48-23-11-6-18-42(48)45-33-32-41(36-52(45)63)65(40-30-28-39(29-31-40)38-16-4-3-5-17-38)54-37-53-61(59-47-22-10-15-27-56(47)67-62(54)59)60-51(34-35-57-58(60)46-21-9-14-26-55(46)66-57)64(53)49-24-12-7-19-43(49)44-20-8-13-25-50(44)64/h3-37H,1-2H3. The van der Waals surface area contributed by atoms with Crippen molar-refractivity contribution in [2.75, 3.05) is 4.90 Å². The van der Waals surface area contributed by atoms with Crippen LogP contribution in [0.2, 0.25) is 0 Å². The summed E-state index contributed by atoms with van der Waals surface area (Å²) in [5.74, 6) is 0. The molecule has 3 aliphatic rings. The molecule has 0 fully saturated rings. The van der Waals surface area contributed by atoms with Gasteiger partial charge in [-0.15, -0.1) is 0 Å². The van der Waals surface area contributed by atoms with Gasteiger partial charge in [0.05, 0.1) is 11.1 Å². The van der Waals surface area contributed by atoms with Gasteiger partial charge in [-0.25, -0.2) is 0 Å². The molecule has 2 aromatic heterocycles. The lowest BCUT2D eigenvalue weighted by molar-refractivity contribution is 0.660. The van der Waals surface area contributed by atoms with E-state index in [2.05, 4.69) is 231 Å². The highest BCUT2D eigenvalue weighted by Gasteiger charge is 2.54. The lowest BCUT2D eigenvalue weighted by atomic mass is 9.70. The fourth-order valence-electron chi connectivity index (χ4n) is 12.6. The van der Waals surface area contributed by atoms with E-state index in [9.17, 15) is 0 Å². The van der Waals surface area contributed by atoms with E-state index in [1.165, 1.54) is 77.9 Å². The van der Waals surface area contributed by atoms with Crippen LogP contribution in [0.1, 0.15) is 47.2 Å². The van der Waals surface area contributed by atoms with Crippen LogP contribution in [0.5, 0.6) is 0 Å². The highest BCUT2D eigenvalue weighted by Crippen LogP contribution is 2.67. The summed E-state index contributed by atoms with van der Waals surface area (Å²) in [5, 5.41) is 4.46. The second-order valence-corrected chi connectivity index (χ2v) is 19.1. The van der Waals surface area contributed by atoms with Crippen LogP contribution >= 0.6 is 0 Å². The Morgan fingerprint density at radius 1 is 0.358 bits per heavy atom. The van der Waals surface area contributed by atoms with Crippen molar-refractivity contribution in [3.63, 3.8) is 0 Å². The molecule has 3 heteroatoms. The third-order valence-electron chi connectivity index (χ3n) is 15.5. The molecule has 0 bridgehead atoms. The van der Waals surface area contributed by atoms with Crippen molar-refractivity contribution in [2.45, 2.75) is 24.7 Å². The maximum atomic E-state index is 7.33. The van der Waals surface area contributed by atoms with Gasteiger partial charge in [-0.1, -0.05) is 178 Å². The number of hydrogen-bond donors (Lipinski definition) is 0. The Bertz CT molecular complexity index is 4030. The molecule has 0 atom stereocenters. The molecule has 3 aliphatic carbocycles. The summed E-state index contributed by atoms with van der Waals surface area (Å²) in [5.41, 5.74) is 23.4. The first kappa shape index (κ1) is 36.9. The minimum atomic E-state index is -0.643. The van der Waals surface area contributed by atoms with Crippen LogP contribution in [0.15, 0.2) is 221 Å². The fourth-order valence-corrected chi connectivity index (χ4v) is 12.6.